The zero-order valence-corrected chi connectivity index (χ0v) is 15.5. The number of nitrogens with one attached hydrogen (secondary N) is 2. The molecule has 1 amide bonds. The van der Waals surface area contributed by atoms with Crippen LogP contribution in [0.5, 0.6) is 0 Å². The van der Waals surface area contributed by atoms with Gasteiger partial charge in [-0.2, -0.15) is 0 Å². The van der Waals surface area contributed by atoms with Crippen molar-refractivity contribution >= 4 is 66.8 Å². The molecule has 0 aliphatic rings. The Kier molecular flexibility index (Phi) is 5.86. The van der Waals surface area contributed by atoms with Crippen molar-refractivity contribution in [3.05, 3.63) is 62.5 Å². The normalized spacial score (nSPS) is 10.0. The number of carboxylic acid groups (broad SMARTS) is 1. The predicted octanol–water partition coefficient (Wildman–Crippen LogP) is 4.04. The van der Waals surface area contributed by atoms with E-state index in [1.807, 2.05) is 0 Å². The number of rotatable bonds is 3. The summed E-state index contributed by atoms with van der Waals surface area (Å²) >= 11 is 11.6. The summed E-state index contributed by atoms with van der Waals surface area (Å²) in [5.41, 5.74) is 0.761. The highest BCUT2D eigenvalue weighted by molar-refractivity contribution is 9.10. The fraction of sp³-hybridized carbons (Fsp3) is 0. The van der Waals surface area contributed by atoms with Crippen LogP contribution in [0.4, 0.5) is 5.69 Å². The Labute approximate surface area is 154 Å². The van der Waals surface area contributed by atoms with Gasteiger partial charge in [-0.3, -0.25) is 10.1 Å². The van der Waals surface area contributed by atoms with Crippen molar-refractivity contribution in [2.75, 3.05) is 5.32 Å². The summed E-state index contributed by atoms with van der Waals surface area (Å²) in [7, 11) is 0. The average molecular weight is 458 g/mol. The maximum Gasteiger partial charge on any atom is 0.337 e. The molecular formula is C15H10Br2N2O3S. The van der Waals surface area contributed by atoms with Crippen LogP contribution >= 0.6 is 44.1 Å². The van der Waals surface area contributed by atoms with E-state index in [1.165, 1.54) is 6.07 Å². The summed E-state index contributed by atoms with van der Waals surface area (Å²) in [6.07, 6.45) is 0. The monoisotopic (exact) mass is 456 g/mol. The minimum Gasteiger partial charge on any atom is -0.478 e. The Bertz CT molecular complexity index is 796. The first kappa shape index (κ1) is 17.6. The van der Waals surface area contributed by atoms with Crippen LogP contribution in [0.15, 0.2) is 51.4 Å². The lowest BCUT2D eigenvalue weighted by Crippen LogP contribution is -2.34. The molecule has 5 nitrogen and oxygen atoms in total. The van der Waals surface area contributed by atoms with Crippen LogP contribution in [0.25, 0.3) is 0 Å². The lowest BCUT2D eigenvalue weighted by molar-refractivity contribution is 0.0697. The zero-order valence-electron chi connectivity index (χ0n) is 11.5. The average Bonchev–Trinajstić information content (AvgIpc) is 2.48. The minimum atomic E-state index is -1.10. The maximum atomic E-state index is 12.1. The number of benzene rings is 2. The number of carboxylic acids is 1. The van der Waals surface area contributed by atoms with Gasteiger partial charge in [-0.15, -0.1) is 0 Å². The molecule has 0 heterocycles. The van der Waals surface area contributed by atoms with Gasteiger partial charge in [-0.05, 0) is 48.6 Å². The van der Waals surface area contributed by atoms with Gasteiger partial charge in [0.05, 0.1) is 11.3 Å². The standard InChI is InChI=1S/C15H10Br2N2O3S/c16-9-3-1-2-8(6-9)13(20)19-15(23)18-12-5-4-10(17)7-11(12)14(21)22/h1-7H,(H,21,22)(H2,18,19,20,23). The third-order valence-corrected chi connectivity index (χ3v) is 3.96. The summed E-state index contributed by atoms with van der Waals surface area (Å²) in [5.74, 6) is -1.49. The molecule has 0 aromatic heterocycles. The summed E-state index contributed by atoms with van der Waals surface area (Å²) in [6.45, 7) is 0. The minimum absolute atomic E-state index is 0.0137. The van der Waals surface area contributed by atoms with Crippen LogP contribution in [0.2, 0.25) is 0 Å². The number of halogens is 2. The summed E-state index contributed by atoms with van der Waals surface area (Å²) < 4.78 is 1.40. The van der Waals surface area contributed by atoms with E-state index in [9.17, 15) is 14.7 Å². The van der Waals surface area contributed by atoms with Crippen LogP contribution in [-0.4, -0.2) is 22.1 Å². The molecule has 2 aromatic carbocycles. The second-order valence-electron chi connectivity index (χ2n) is 4.41. The van der Waals surface area contributed by atoms with E-state index in [0.29, 0.717) is 15.7 Å². The van der Waals surface area contributed by atoms with Crippen LogP contribution in [0, 0.1) is 0 Å². The summed E-state index contributed by atoms with van der Waals surface area (Å²) in [6, 6.07) is 11.5. The second kappa shape index (κ2) is 7.67. The fourth-order valence-electron chi connectivity index (χ4n) is 1.76. The first-order valence-electron chi connectivity index (χ1n) is 6.27. The number of anilines is 1. The van der Waals surface area contributed by atoms with Gasteiger partial charge in [0.25, 0.3) is 5.91 Å². The van der Waals surface area contributed by atoms with Gasteiger partial charge in [0.1, 0.15) is 0 Å². The van der Waals surface area contributed by atoms with E-state index in [-0.39, 0.29) is 10.7 Å². The largest absolute Gasteiger partial charge is 0.478 e. The molecule has 0 unspecified atom stereocenters. The smallest absolute Gasteiger partial charge is 0.337 e. The van der Waals surface area contributed by atoms with Crippen molar-refractivity contribution in [2.24, 2.45) is 0 Å². The quantitative estimate of drug-likeness (QED) is 0.606. The molecule has 0 spiro atoms. The van der Waals surface area contributed by atoms with Gasteiger partial charge in [-0.25, -0.2) is 4.79 Å². The molecule has 0 aliphatic heterocycles. The first-order valence-corrected chi connectivity index (χ1v) is 8.27. The van der Waals surface area contributed by atoms with E-state index < -0.39 is 11.9 Å². The highest BCUT2D eigenvalue weighted by Gasteiger charge is 2.13. The van der Waals surface area contributed by atoms with Gasteiger partial charge >= 0.3 is 5.97 Å². The van der Waals surface area contributed by atoms with Gasteiger partial charge in [0.15, 0.2) is 5.11 Å². The van der Waals surface area contributed by atoms with Crippen LogP contribution in [0.1, 0.15) is 20.7 Å². The molecule has 0 saturated heterocycles. The molecule has 0 saturated carbocycles. The number of hydrogen-bond acceptors (Lipinski definition) is 3. The van der Waals surface area contributed by atoms with Crippen molar-refractivity contribution < 1.29 is 14.7 Å². The summed E-state index contributed by atoms with van der Waals surface area (Å²) in [4.78, 5) is 23.3. The van der Waals surface area contributed by atoms with Crippen LogP contribution in [-0.2, 0) is 0 Å². The lowest BCUT2D eigenvalue weighted by Gasteiger charge is -2.12. The molecule has 3 N–H and O–H groups in total. The molecule has 0 fully saturated rings. The third kappa shape index (κ3) is 4.85. The Morgan fingerprint density at radius 2 is 1.74 bits per heavy atom. The van der Waals surface area contributed by atoms with E-state index in [0.717, 1.165) is 4.47 Å². The molecule has 2 rings (SSSR count). The van der Waals surface area contributed by atoms with Crippen molar-refractivity contribution in [1.29, 1.82) is 0 Å². The van der Waals surface area contributed by atoms with E-state index in [2.05, 4.69) is 42.5 Å². The summed E-state index contributed by atoms with van der Waals surface area (Å²) in [5, 5.41) is 14.4. The molecule has 0 aliphatic carbocycles. The maximum absolute atomic E-state index is 12.1. The number of hydrogen-bond donors (Lipinski definition) is 3. The number of carbonyl (C=O) groups is 2. The SMILES string of the molecule is O=C(NC(=S)Nc1ccc(Br)cc1C(=O)O)c1cccc(Br)c1. The number of aromatic carboxylic acids is 1. The second-order valence-corrected chi connectivity index (χ2v) is 6.65. The Morgan fingerprint density at radius 1 is 1.04 bits per heavy atom. The molecule has 23 heavy (non-hydrogen) atoms. The Hall–Kier alpha value is -1.77. The van der Waals surface area contributed by atoms with Crippen molar-refractivity contribution in [3.63, 3.8) is 0 Å². The lowest BCUT2D eigenvalue weighted by atomic mass is 10.2. The molecule has 0 atom stereocenters. The van der Waals surface area contributed by atoms with Gasteiger partial charge < -0.3 is 10.4 Å². The fourth-order valence-corrected chi connectivity index (χ4v) is 2.72. The van der Waals surface area contributed by atoms with Crippen LogP contribution in [0.3, 0.4) is 0 Å². The van der Waals surface area contributed by atoms with Crippen LogP contribution < -0.4 is 10.6 Å². The topological polar surface area (TPSA) is 78.4 Å². The van der Waals surface area contributed by atoms with E-state index in [1.54, 1.807) is 36.4 Å². The molecular weight excluding hydrogens is 448 g/mol. The predicted molar refractivity (Wildman–Crippen MR) is 98.9 cm³/mol. The third-order valence-electron chi connectivity index (χ3n) is 2.77. The molecule has 2 aromatic rings. The number of amides is 1. The van der Waals surface area contributed by atoms with Gasteiger partial charge in [-0.1, -0.05) is 37.9 Å². The highest BCUT2D eigenvalue weighted by atomic mass is 79.9. The first-order chi connectivity index (χ1) is 10.9. The Morgan fingerprint density at radius 3 is 2.39 bits per heavy atom. The van der Waals surface area contributed by atoms with Gasteiger partial charge in [0.2, 0.25) is 0 Å². The molecule has 0 bridgehead atoms. The highest BCUT2D eigenvalue weighted by Crippen LogP contribution is 2.21. The van der Waals surface area contributed by atoms with E-state index >= 15 is 0 Å². The number of carbonyl (C=O) groups excluding carboxylic acids is 1. The molecule has 8 heteroatoms. The van der Waals surface area contributed by atoms with Gasteiger partial charge in [0, 0.05) is 14.5 Å². The van der Waals surface area contributed by atoms with E-state index in [4.69, 9.17) is 12.2 Å². The van der Waals surface area contributed by atoms with Crippen molar-refractivity contribution in [1.82, 2.24) is 5.32 Å². The van der Waals surface area contributed by atoms with Crippen molar-refractivity contribution in [3.8, 4) is 0 Å². The molecule has 118 valence electrons. The molecule has 0 radical (unpaired) electrons. The van der Waals surface area contributed by atoms with Crippen molar-refractivity contribution in [2.45, 2.75) is 0 Å². The zero-order chi connectivity index (χ0) is 17.0. The Balaban J connectivity index is 2.11. The number of thiocarbonyl (C=S) groups is 1.